The average Bonchev–Trinajstić information content (AvgIpc) is 3.04. The molecule has 0 fully saturated rings. The molecule has 128 valence electrons. The maximum Gasteiger partial charge on any atom is 0.471 e. The van der Waals surface area contributed by atoms with Crippen LogP contribution in [0.25, 0.3) is 11.4 Å². The molecule has 0 unspecified atom stereocenters. The van der Waals surface area contributed by atoms with Crippen molar-refractivity contribution < 1.29 is 32.0 Å². The van der Waals surface area contributed by atoms with E-state index >= 15 is 0 Å². The van der Waals surface area contributed by atoms with Crippen LogP contribution in [0.4, 0.5) is 13.2 Å². The number of carbonyl (C=O) groups is 2. The Bertz CT molecular complexity index is 740. The molecular weight excluding hydrogens is 331 g/mol. The Labute approximate surface area is 133 Å². The molecule has 1 aromatic heterocycles. The molecule has 0 aliphatic heterocycles. The highest BCUT2D eigenvalue weighted by Gasteiger charge is 2.38. The molecule has 0 spiro atoms. The highest BCUT2D eigenvalue weighted by Crippen LogP contribution is 2.29. The van der Waals surface area contributed by atoms with Gasteiger partial charge in [-0.3, -0.25) is 4.79 Å². The number of ether oxygens (including phenoxy) is 1. The second kappa shape index (κ2) is 6.69. The summed E-state index contributed by atoms with van der Waals surface area (Å²) in [5.74, 6) is -2.85. The minimum atomic E-state index is -4.73. The van der Waals surface area contributed by atoms with Crippen molar-refractivity contribution in [2.75, 3.05) is 7.11 Å². The summed E-state index contributed by atoms with van der Waals surface area (Å²) in [6, 6.07) is 4.61. The molecular formula is C14H12F3N3O4. The molecule has 24 heavy (non-hydrogen) atoms. The first kappa shape index (κ1) is 17.4. The van der Waals surface area contributed by atoms with Crippen molar-refractivity contribution >= 4 is 11.9 Å². The quantitative estimate of drug-likeness (QED) is 0.854. The van der Waals surface area contributed by atoms with E-state index in [1.807, 2.05) is 0 Å². The van der Waals surface area contributed by atoms with Crippen molar-refractivity contribution in [1.82, 2.24) is 15.5 Å². The van der Waals surface area contributed by atoms with Gasteiger partial charge in [0.25, 0.3) is 5.91 Å². The van der Waals surface area contributed by atoms with Gasteiger partial charge < -0.3 is 14.6 Å². The van der Waals surface area contributed by atoms with Crippen LogP contribution in [0.5, 0.6) is 0 Å². The fourth-order valence-electron chi connectivity index (χ4n) is 1.74. The molecule has 1 heterocycles. The summed E-state index contributed by atoms with van der Waals surface area (Å²) in [4.78, 5) is 26.4. The number of nitrogens with one attached hydrogen (secondary N) is 1. The van der Waals surface area contributed by atoms with Crippen LogP contribution < -0.4 is 5.32 Å². The van der Waals surface area contributed by atoms with Gasteiger partial charge in [-0.1, -0.05) is 17.3 Å². The molecule has 2 aromatic rings. The zero-order valence-corrected chi connectivity index (χ0v) is 12.5. The van der Waals surface area contributed by atoms with E-state index in [9.17, 15) is 22.8 Å². The van der Waals surface area contributed by atoms with Crippen molar-refractivity contribution in [2.45, 2.75) is 19.1 Å². The molecule has 1 atom stereocenters. The van der Waals surface area contributed by atoms with Crippen molar-refractivity contribution in [3.05, 3.63) is 35.7 Å². The van der Waals surface area contributed by atoms with E-state index in [2.05, 4.69) is 24.7 Å². The summed E-state index contributed by atoms with van der Waals surface area (Å²) in [6.07, 6.45) is -4.73. The fourth-order valence-corrected chi connectivity index (χ4v) is 1.74. The van der Waals surface area contributed by atoms with Crippen LogP contribution in [-0.2, 0) is 15.7 Å². The number of amides is 1. The molecule has 0 saturated heterocycles. The summed E-state index contributed by atoms with van der Waals surface area (Å²) in [6.45, 7) is 1.45. The van der Waals surface area contributed by atoms with Gasteiger partial charge in [0.05, 0.1) is 7.11 Å². The maximum absolute atomic E-state index is 12.4. The number of alkyl halides is 3. The molecule has 0 saturated carbocycles. The van der Waals surface area contributed by atoms with Crippen LogP contribution in [0.15, 0.2) is 28.8 Å². The number of carbonyl (C=O) groups excluding carboxylic acids is 2. The second-order valence-electron chi connectivity index (χ2n) is 4.72. The van der Waals surface area contributed by atoms with Crippen molar-refractivity contribution in [1.29, 1.82) is 0 Å². The highest BCUT2D eigenvalue weighted by molar-refractivity contribution is 5.97. The van der Waals surface area contributed by atoms with Gasteiger partial charge in [-0.05, 0) is 19.1 Å². The van der Waals surface area contributed by atoms with Crippen LogP contribution in [0, 0.1) is 0 Å². The number of rotatable bonds is 4. The normalized spacial score (nSPS) is 12.5. The number of hydrogen-bond acceptors (Lipinski definition) is 6. The predicted molar refractivity (Wildman–Crippen MR) is 73.7 cm³/mol. The minimum absolute atomic E-state index is 0.203. The highest BCUT2D eigenvalue weighted by atomic mass is 19.4. The van der Waals surface area contributed by atoms with E-state index in [-0.39, 0.29) is 17.0 Å². The van der Waals surface area contributed by atoms with Gasteiger partial charge in [-0.2, -0.15) is 18.2 Å². The number of methoxy groups -OCH3 is 1. The summed E-state index contributed by atoms with van der Waals surface area (Å²) < 4.78 is 45.9. The lowest BCUT2D eigenvalue weighted by atomic mass is 10.1. The topological polar surface area (TPSA) is 94.3 Å². The Hall–Kier alpha value is -2.91. The smallest absolute Gasteiger partial charge is 0.467 e. The van der Waals surface area contributed by atoms with Crippen molar-refractivity contribution in [3.63, 3.8) is 0 Å². The Kier molecular flexibility index (Phi) is 4.86. The number of esters is 1. The predicted octanol–water partition coefficient (Wildman–Crippen LogP) is 2.05. The van der Waals surface area contributed by atoms with Crippen LogP contribution in [0.2, 0.25) is 0 Å². The molecule has 0 bridgehead atoms. The molecule has 0 radical (unpaired) electrons. The first-order chi connectivity index (χ1) is 11.2. The third-order valence-electron chi connectivity index (χ3n) is 2.98. The summed E-state index contributed by atoms with van der Waals surface area (Å²) in [5.41, 5.74) is 0.445. The number of halogens is 3. The van der Waals surface area contributed by atoms with E-state index in [0.29, 0.717) is 0 Å². The van der Waals surface area contributed by atoms with Gasteiger partial charge in [0.1, 0.15) is 6.04 Å². The lowest BCUT2D eigenvalue weighted by Gasteiger charge is -2.11. The van der Waals surface area contributed by atoms with Gasteiger partial charge in [-0.15, -0.1) is 0 Å². The largest absolute Gasteiger partial charge is 0.471 e. The Morgan fingerprint density at radius 2 is 1.88 bits per heavy atom. The summed E-state index contributed by atoms with van der Waals surface area (Å²) in [5, 5.41) is 5.66. The van der Waals surface area contributed by atoms with Gasteiger partial charge >= 0.3 is 18.0 Å². The van der Waals surface area contributed by atoms with E-state index in [1.165, 1.54) is 38.3 Å². The lowest BCUT2D eigenvalue weighted by Crippen LogP contribution is -2.39. The Balaban J connectivity index is 2.12. The molecule has 10 heteroatoms. The van der Waals surface area contributed by atoms with E-state index in [0.717, 1.165) is 0 Å². The van der Waals surface area contributed by atoms with E-state index < -0.39 is 30.0 Å². The van der Waals surface area contributed by atoms with Crippen LogP contribution in [-0.4, -0.2) is 35.2 Å². The molecule has 2 rings (SSSR count). The standard InChI is InChI=1S/C14H12F3N3O4/c1-7(12(22)23-2)18-11(21)9-5-3-8(4-6-9)10-19-13(24-20-10)14(15,16)17/h3-7H,1-2H3,(H,18,21)/t7-/m0/s1. The Morgan fingerprint density at radius 1 is 1.25 bits per heavy atom. The summed E-state index contributed by atoms with van der Waals surface area (Å²) in [7, 11) is 1.19. The SMILES string of the molecule is COC(=O)[C@H](C)NC(=O)c1ccc(-c2noc(C(F)(F)F)n2)cc1. The van der Waals surface area contributed by atoms with E-state index in [1.54, 1.807) is 0 Å². The average molecular weight is 343 g/mol. The van der Waals surface area contributed by atoms with Crippen LogP contribution >= 0.6 is 0 Å². The number of hydrogen-bond donors (Lipinski definition) is 1. The first-order valence-electron chi connectivity index (χ1n) is 6.62. The maximum atomic E-state index is 12.4. The van der Waals surface area contributed by atoms with Gasteiger partial charge in [0.2, 0.25) is 5.82 Å². The third kappa shape index (κ3) is 3.89. The minimum Gasteiger partial charge on any atom is -0.467 e. The van der Waals surface area contributed by atoms with Gasteiger partial charge in [0.15, 0.2) is 0 Å². The summed E-state index contributed by atoms with van der Waals surface area (Å²) >= 11 is 0. The molecule has 1 aromatic carbocycles. The second-order valence-corrected chi connectivity index (χ2v) is 4.72. The third-order valence-corrected chi connectivity index (χ3v) is 2.98. The first-order valence-corrected chi connectivity index (χ1v) is 6.62. The zero-order chi connectivity index (χ0) is 17.9. The van der Waals surface area contributed by atoms with Crippen molar-refractivity contribution in [3.8, 4) is 11.4 Å². The molecule has 1 amide bonds. The van der Waals surface area contributed by atoms with Crippen molar-refractivity contribution in [2.24, 2.45) is 0 Å². The monoisotopic (exact) mass is 343 g/mol. The van der Waals surface area contributed by atoms with Gasteiger partial charge in [-0.25, -0.2) is 4.79 Å². The number of benzene rings is 1. The van der Waals surface area contributed by atoms with Crippen LogP contribution in [0.1, 0.15) is 23.2 Å². The molecule has 0 aliphatic carbocycles. The number of aromatic nitrogens is 2. The van der Waals surface area contributed by atoms with Crippen LogP contribution in [0.3, 0.4) is 0 Å². The molecule has 7 nitrogen and oxygen atoms in total. The lowest BCUT2D eigenvalue weighted by molar-refractivity contribution is -0.159. The van der Waals surface area contributed by atoms with Gasteiger partial charge in [0, 0.05) is 11.1 Å². The molecule has 1 N–H and O–H groups in total. The fraction of sp³-hybridized carbons (Fsp3) is 0.286. The zero-order valence-electron chi connectivity index (χ0n) is 12.5. The molecule has 0 aliphatic rings. The Morgan fingerprint density at radius 3 is 2.38 bits per heavy atom. The number of nitrogens with zero attached hydrogens (tertiary/aromatic N) is 2. The van der Waals surface area contributed by atoms with E-state index in [4.69, 9.17) is 0 Å².